The van der Waals surface area contributed by atoms with Crippen LogP contribution in [0.25, 0.3) is 0 Å². The van der Waals surface area contributed by atoms with Gasteiger partial charge < -0.3 is 5.32 Å². The molecule has 0 atom stereocenters. The van der Waals surface area contributed by atoms with Crippen LogP contribution < -0.4 is 5.32 Å². The van der Waals surface area contributed by atoms with E-state index in [2.05, 4.69) is 11.2 Å². The Bertz CT molecular complexity index is 353. The molecule has 0 amide bonds. The highest BCUT2D eigenvalue weighted by atomic mass is 35.5. The number of hydrogen-bond donors (Lipinski definition) is 1. The zero-order chi connectivity index (χ0) is 9.84. The Hall–Kier alpha value is -0.840. The molecule has 0 spiro atoms. The summed E-state index contributed by atoms with van der Waals surface area (Å²) in [5, 5.41) is 4.30. The maximum Gasteiger partial charge on any atom is 0.0763 e. The first-order chi connectivity index (χ1) is 6.15. The van der Waals surface area contributed by atoms with E-state index in [1.54, 1.807) is 6.07 Å². The van der Waals surface area contributed by atoms with Crippen molar-refractivity contribution in [2.75, 3.05) is 11.9 Å². The van der Waals surface area contributed by atoms with Crippen LogP contribution in [0.1, 0.15) is 5.56 Å². The second-order valence-corrected chi connectivity index (χ2v) is 3.45. The Labute approximate surface area is 88.0 Å². The van der Waals surface area contributed by atoms with Crippen LogP contribution in [0, 0.1) is 19.3 Å². The van der Waals surface area contributed by atoms with E-state index < -0.39 is 0 Å². The van der Waals surface area contributed by atoms with Gasteiger partial charge in [0.05, 0.1) is 17.3 Å². The lowest BCUT2D eigenvalue weighted by Crippen LogP contribution is -1.99. The van der Waals surface area contributed by atoms with Crippen molar-refractivity contribution in [3.05, 3.63) is 27.7 Å². The molecule has 0 aliphatic heterocycles. The lowest BCUT2D eigenvalue weighted by molar-refractivity contribution is 1.36. The monoisotopic (exact) mass is 213 g/mol. The lowest BCUT2D eigenvalue weighted by Gasteiger charge is -2.07. The molecule has 1 rings (SSSR count). The summed E-state index contributed by atoms with van der Waals surface area (Å²) in [6.07, 6.45) is 5.11. The van der Waals surface area contributed by atoms with Crippen LogP contribution in [0.4, 0.5) is 5.69 Å². The van der Waals surface area contributed by atoms with Crippen LogP contribution in [-0.4, -0.2) is 6.54 Å². The van der Waals surface area contributed by atoms with Crippen LogP contribution in [0.3, 0.4) is 0 Å². The predicted octanol–water partition coefficient (Wildman–Crippen LogP) is 3.35. The predicted molar refractivity (Wildman–Crippen MR) is 58.5 cm³/mol. The van der Waals surface area contributed by atoms with Crippen molar-refractivity contribution in [2.24, 2.45) is 0 Å². The van der Waals surface area contributed by atoms with E-state index in [-0.39, 0.29) is 0 Å². The van der Waals surface area contributed by atoms with E-state index in [0.29, 0.717) is 16.6 Å². The maximum absolute atomic E-state index is 5.95. The quantitative estimate of drug-likeness (QED) is 0.744. The topological polar surface area (TPSA) is 12.0 Å². The summed E-state index contributed by atoms with van der Waals surface area (Å²) < 4.78 is 0. The number of anilines is 1. The van der Waals surface area contributed by atoms with E-state index >= 15 is 0 Å². The molecule has 0 unspecified atom stereocenters. The molecule has 0 aliphatic rings. The fraction of sp³-hybridized carbons (Fsp3) is 0.200. The second-order valence-electron chi connectivity index (χ2n) is 2.64. The summed E-state index contributed by atoms with van der Waals surface area (Å²) >= 11 is 11.9. The Balaban J connectivity index is 2.96. The first-order valence-electron chi connectivity index (χ1n) is 3.78. The molecule has 1 N–H and O–H groups in total. The zero-order valence-electron chi connectivity index (χ0n) is 7.20. The van der Waals surface area contributed by atoms with Crippen molar-refractivity contribution >= 4 is 28.9 Å². The molecule has 0 radical (unpaired) electrons. The van der Waals surface area contributed by atoms with Gasteiger partial charge in [0.15, 0.2) is 0 Å². The molecule has 0 saturated carbocycles. The van der Waals surface area contributed by atoms with Crippen molar-refractivity contribution < 1.29 is 0 Å². The summed E-state index contributed by atoms with van der Waals surface area (Å²) in [4.78, 5) is 0. The highest BCUT2D eigenvalue weighted by Crippen LogP contribution is 2.28. The summed E-state index contributed by atoms with van der Waals surface area (Å²) in [6, 6.07) is 3.58. The first-order valence-corrected chi connectivity index (χ1v) is 4.53. The van der Waals surface area contributed by atoms with Crippen molar-refractivity contribution in [1.29, 1.82) is 0 Å². The molecule has 68 valence electrons. The summed E-state index contributed by atoms with van der Waals surface area (Å²) in [5.74, 6) is 2.46. The largest absolute Gasteiger partial charge is 0.373 e. The van der Waals surface area contributed by atoms with Crippen molar-refractivity contribution in [3.8, 4) is 12.3 Å². The minimum absolute atomic E-state index is 0.444. The molecule has 0 aliphatic carbocycles. The fourth-order valence-corrected chi connectivity index (χ4v) is 1.38. The molecule has 0 aromatic heterocycles. The first kappa shape index (κ1) is 10.2. The van der Waals surface area contributed by atoms with E-state index in [1.807, 2.05) is 13.0 Å². The van der Waals surface area contributed by atoms with Gasteiger partial charge in [-0.2, -0.15) is 0 Å². The lowest BCUT2D eigenvalue weighted by atomic mass is 10.2. The van der Waals surface area contributed by atoms with E-state index in [9.17, 15) is 0 Å². The number of hydrogen-bond acceptors (Lipinski definition) is 1. The second kappa shape index (κ2) is 4.41. The minimum atomic E-state index is 0.444. The minimum Gasteiger partial charge on any atom is -0.373 e. The Morgan fingerprint density at radius 1 is 1.38 bits per heavy atom. The molecule has 1 nitrogen and oxygen atoms in total. The molecular formula is C10H9Cl2N. The third kappa shape index (κ3) is 2.55. The molecule has 0 heterocycles. The number of terminal acetylenes is 1. The van der Waals surface area contributed by atoms with Gasteiger partial charge in [-0.3, -0.25) is 0 Å². The van der Waals surface area contributed by atoms with Crippen LogP contribution in [0.15, 0.2) is 12.1 Å². The average Bonchev–Trinajstić information content (AvgIpc) is 2.09. The standard InChI is InChI=1S/C10H9Cl2N/c1-3-4-13-10-6-8(11)7(2)5-9(10)12/h1,5-6,13H,4H2,2H3. The van der Waals surface area contributed by atoms with E-state index in [1.165, 1.54) is 0 Å². The van der Waals surface area contributed by atoms with Crippen LogP contribution >= 0.6 is 23.2 Å². The highest BCUT2D eigenvalue weighted by molar-refractivity contribution is 6.35. The Morgan fingerprint density at radius 2 is 2.08 bits per heavy atom. The van der Waals surface area contributed by atoms with Crippen LogP contribution in [-0.2, 0) is 0 Å². The Kier molecular flexibility index (Phi) is 3.48. The summed E-state index contributed by atoms with van der Waals surface area (Å²) in [6.45, 7) is 2.35. The molecular weight excluding hydrogens is 205 g/mol. The summed E-state index contributed by atoms with van der Waals surface area (Å²) in [5.41, 5.74) is 1.73. The number of aryl methyl sites for hydroxylation is 1. The van der Waals surface area contributed by atoms with Gasteiger partial charge in [0.2, 0.25) is 0 Å². The van der Waals surface area contributed by atoms with Gasteiger partial charge in [0, 0.05) is 5.02 Å². The normalized spacial score (nSPS) is 9.38. The number of nitrogens with one attached hydrogen (secondary N) is 1. The van der Waals surface area contributed by atoms with Crippen molar-refractivity contribution in [3.63, 3.8) is 0 Å². The average molecular weight is 214 g/mol. The van der Waals surface area contributed by atoms with Gasteiger partial charge in [-0.25, -0.2) is 0 Å². The van der Waals surface area contributed by atoms with Crippen molar-refractivity contribution in [1.82, 2.24) is 0 Å². The molecule has 3 heteroatoms. The smallest absolute Gasteiger partial charge is 0.0763 e. The highest BCUT2D eigenvalue weighted by Gasteiger charge is 2.02. The van der Waals surface area contributed by atoms with Crippen molar-refractivity contribution in [2.45, 2.75) is 6.92 Å². The van der Waals surface area contributed by atoms with Crippen LogP contribution in [0.2, 0.25) is 10.0 Å². The van der Waals surface area contributed by atoms with E-state index in [4.69, 9.17) is 29.6 Å². The molecule has 13 heavy (non-hydrogen) atoms. The fourth-order valence-electron chi connectivity index (χ4n) is 0.928. The Morgan fingerprint density at radius 3 is 2.69 bits per heavy atom. The van der Waals surface area contributed by atoms with E-state index in [0.717, 1.165) is 11.3 Å². The van der Waals surface area contributed by atoms with Crippen LogP contribution in [0.5, 0.6) is 0 Å². The maximum atomic E-state index is 5.95. The molecule has 1 aromatic rings. The summed E-state index contributed by atoms with van der Waals surface area (Å²) in [7, 11) is 0. The number of halogens is 2. The number of benzene rings is 1. The molecule has 0 bridgehead atoms. The van der Waals surface area contributed by atoms with Gasteiger partial charge in [-0.15, -0.1) is 6.42 Å². The number of rotatable bonds is 2. The van der Waals surface area contributed by atoms with Gasteiger partial charge in [-0.05, 0) is 24.6 Å². The molecule has 0 saturated heterocycles. The van der Waals surface area contributed by atoms with Gasteiger partial charge in [0.25, 0.3) is 0 Å². The third-order valence-corrected chi connectivity index (χ3v) is 2.35. The zero-order valence-corrected chi connectivity index (χ0v) is 8.71. The van der Waals surface area contributed by atoms with Gasteiger partial charge in [-0.1, -0.05) is 29.1 Å². The van der Waals surface area contributed by atoms with Gasteiger partial charge >= 0.3 is 0 Å². The molecule has 1 aromatic carbocycles. The molecule has 0 fully saturated rings. The SMILES string of the molecule is C#CCNc1cc(Cl)c(C)cc1Cl. The van der Waals surface area contributed by atoms with Gasteiger partial charge in [0.1, 0.15) is 0 Å². The third-order valence-electron chi connectivity index (χ3n) is 1.63.